The molecule has 1 aromatic rings. The Balaban J connectivity index is 2.43. The number of rotatable bonds is 0. The molecule has 0 spiro atoms. The van der Waals surface area contributed by atoms with Crippen LogP contribution in [0.3, 0.4) is 0 Å². The van der Waals surface area contributed by atoms with E-state index in [9.17, 15) is 0 Å². The van der Waals surface area contributed by atoms with Gasteiger partial charge in [0.15, 0.2) is 0 Å². The van der Waals surface area contributed by atoms with Crippen LogP contribution in [-0.4, -0.2) is 11.1 Å². The first kappa shape index (κ1) is 7.37. The second kappa shape index (κ2) is 2.64. The van der Waals surface area contributed by atoms with Crippen molar-refractivity contribution in [3.63, 3.8) is 0 Å². The minimum atomic E-state index is 0.588. The van der Waals surface area contributed by atoms with Gasteiger partial charge in [0, 0.05) is 35.5 Å². The van der Waals surface area contributed by atoms with Crippen molar-refractivity contribution in [2.45, 2.75) is 19.5 Å². The Morgan fingerprint density at radius 3 is 3.27 bits per heavy atom. The zero-order valence-corrected chi connectivity index (χ0v) is 8.06. The minimum Gasteiger partial charge on any atom is -0.345 e. The number of hydrogen-bond donors (Lipinski definition) is 1. The summed E-state index contributed by atoms with van der Waals surface area (Å²) in [6, 6.07) is 2.76. The van der Waals surface area contributed by atoms with Gasteiger partial charge in [0.25, 0.3) is 0 Å². The van der Waals surface area contributed by atoms with Crippen molar-refractivity contribution < 1.29 is 0 Å². The molecule has 0 saturated heterocycles. The van der Waals surface area contributed by atoms with Crippen molar-refractivity contribution in [1.82, 2.24) is 9.88 Å². The summed E-state index contributed by atoms with van der Waals surface area (Å²) in [6.07, 6.45) is 2.15. The summed E-state index contributed by atoms with van der Waals surface area (Å²) in [6.45, 7) is 4.30. The van der Waals surface area contributed by atoms with Crippen molar-refractivity contribution in [3.05, 3.63) is 22.4 Å². The number of fused-ring (bicyclic) bond motifs is 1. The normalized spacial score (nSPS) is 23.3. The van der Waals surface area contributed by atoms with Crippen molar-refractivity contribution in [3.8, 4) is 0 Å². The van der Waals surface area contributed by atoms with Crippen LogP contribution in [0.15, 0.2) is 16.7 Å². The summed E-state index contributed by atoms with van der Waals surface area (Å²) in [5, 5.41) is 3.36. The first-order chi connectivity index (χ1) is 5.27. The van der Waals surface area contributed by atoms with Gasteiger partial charge in [0.05, 0.1) is 0 Å². The van der Waals surface area contributed by atoms with Crippen LogP contribution >= 0.6 is 15.9 Å². The van der Waals surface area contributed by atoms with Gasteiger partial charge in [0.2, 0.25) is 0 Å². The lowest BCUT2D eigenvalue weighted by molar-refractivity contribution is 0.429. The van der Waals surface area contributed by atoms with Gasteiger partial charge in [-0.2, -0.15) is 0 Å². The van der Waals surface area contributed by atoms with E-state index in [0.29, 0.717) is 6.04 Å². The van der Waals surface area contributed by atoms with Gasteiger partial charge in [-0.25, -0.2) is 0 Å². The van der Waals surface area contributed by atoms with Gasteiger partial charge in [-0.3, -0.25) is 0 Å². The molecule has 0 amide bonds. The Labute approximate surface area is 74.7 Å². The number of nitrogens with one attached hydrogen (secondary N) is 1. The fourth-order valence-electron chi connectivity index (χ4n) is 1.55. The zero-order chi connectivity index (χ0) is 7.84. The highest BCUT2D eigenvalue weighted by Gasteiger charge is 2.14. The van der Waals surface area contributed by atoms with Crippen molar-refractivity contribution in [2.75, 3.05) is 6.54 Å². The molecule has 1 atom stereocenters. The van der Waals surface area contributed by atoms with E-state index in [2.05, 4.69) is 45.0 Å². The average molecular weight is 215 g/mol. The third-order valence-electron chi connectivity index (χ3n) is 2.12. The summed E-state index contributed by atoms with van der Waals surface area (Å²) in [5.41, 5.74) is 1.37. The molecule has 1 aliphatic rings. The highest BCUT2D eigenvalue weighted by atomic mass is 79.9. The molecule has 0 fully saturated rings. The zero-order valence-electron chi connectivity index (χ0n) is 6.47. The van der Waals surface area contributed by atoms with Crippen LogP contribution < -0.4 is 5.32 Å². The van der Waals surface area contributed by atoms with E-state index in [1.165, 1.54) is 10.2 Å². The number of hydrogen-bond acceptors (Lipinski definition) is 1. The fourth-order valence-corrected chi connectivity index (χ4v) is 2.03. The molecular formula is C8H11BrN2. The largest absolute Gasteiger partial charge is 0.345 e. The first-order valence-electron chi connectivity index (χ1n) is 3.84. The Morgan fingerprint density at radius 1 is 1.73 bits per heavy atom. The molecule has 60 valence electrons. The van der Waals surface area contributed by atoms with E-state index < -0.39 is 0 Å². The molecule has 2 heterocycles. The molecular weight excluding hydrogens is 204 g/mol. The summed E-state index contributed by atoms with van der Waals surface area (Å²) < 4.78 is 3.50. The maximum Gasteiger partial charge on any atom is 0.0430 e. The van der Waals surface area contributed by atoms with Gasteiger partial charge < -0.3 is 9.88 Å². The number of halogens is 1. The topological polar surface area (TPSA) is 17.0 Å². The molecule has 0 saturated carbocycles. The molecule has 0 radical (unpaired) electrons. The Morgan fingerprint density at radius 2 is 2.55 bits per heavy atom. The molecule has 1 unspecified atom stereocenters. The van der Waals surface area contributed by atoms with Crippen LogP contribution in [0, 0.1) is 0 Å². The van der Waals surface area contributed by atoms with Gasteiger partial charge >= 0.3 is 0 Å². The molecule has 1 aromatic heterocycles. The standard InChI is InChI=1S/C8H11BrN2/c1-6-3-10-4-8-2-7(9)5-11(6)8/h2,5-6,10H,3-4H2,1H3. The number of aromatic nitrogens is 1. The van der Waals surface area contributed by atoms with Crippen LogP contribution in [0.4, 0.5) is 0 Å². The minimum absolute atomic E-state index is 0.588. The number of nitrogens with zero attached hydrogens (tertiary/aromatic N) is 1. The van der Waals surface area contributed by atoms with E-state index >= 15 is 0 Å². The summed E-state index contributed by atoms with van der Waals surface area (Å²) in [4.78, 5) is 0. The van der Waals surface area contributed by atoms with Crippen LogP contribution in [0.25, 0.3) is 0 Å². The van der Waals surface area contributed by atoms with Crippen LogP contribution in [0.5, 0.6) is 0 Å². The molecule has 0 aromatic carbocycles. The lowest BCUT2D eigenvalue weighted by Gasteiger charge is -2.23. The highest BCUT2D eigenvalue weighted by molar-refractivity contribution is 9.10. The SMILES string of the molecule is CC1CNCc2cc(Br)cn21. The van der Waals surface area contributed by atoms with E-state index in [4.69, 9.17) is 0 Å². The molecule has 0 aliphatic carbocycles. The smallest absolute Gasteiger partial charge is 0.0430 e. The second-order valence-electron chi connectivity index (χ2n) is 3.04. The van der Waals surface area contributed by atoms with Gasteiger partial charge in [-0.05, 0) is 28.9 Å². The van der Waals surface area contributed by atoms with Crippen LogP contribution in [0.2, 0.25) is 0 Å². The highest BCUT2D eigenvalue weighted by Crippen LogP contribution is 2.21. The second-order valence-corrected chi connectivity index (χ2v) is 3.95. The van der Waals surface area contributed by atoms with Gasteiger partial charge in [-0.1, -0.05) is 0 Å². The van der Waals surface area contributed by atoms with Crippen molar-refractivity contribution in [1.29, 1.82) is 0 Å². The van der Waals surface area contributed by atoms with Crippen molar-refractivity contribution >= 4 is 15.9 Å². The van der Waals surface area contributed by atoms with E-state index in [1.807, 2.05) is 0 Å². The predicted molar refractivity (Wildman–Crippen MR) is 48.5 cm³/mol. The maximum atomic E-state index is 3.47. The quantitative estimate of drug-likeness (QED) is 0.699. The summed E-state index contributed by atoms with van der Waals surface area (Å²) >= 11 is 3.47. The third kappa shape index (κ3) is 1.23. The molecule has 11 heavy (non-hydrogen) atoms. The van der Waals surface area contributed by atoms with Gasteiger partial charge in [0.1, 0.15) is 0 Å². The molecule has 1 aliphatic heterocycles. The Kier molecular flexibility index (Phi) is 1.77. The van der Waals surface area contributed by atoms with Crippen molar-refractivity contribution in [2.24, 2.45) is 0 Å². The predicted octanol–water partition coefficient (Wildman–Crippen LogP) is 1.91. The monoisotopic (exact) mass is 214 g/mol. The Hall–Kier alpha value is -0.280. The lowest BCUT2D eigenvalue weighted by atomic mass is 10.2. The maximum absolute atomic E-state index is 3.47. The molecule has 2 rings (SSSR count). The lowest BCUT2D eigenvalue weighted by Crippen LogP contribution is -2.30. The van der Waals surface area contributed by atoms with E-state index in [-0.39, 0.29) is 0 Å². The van der Waals surface area contributed by atoms with E-state index in [1.54, 1.807) is 0 Å². The summed E-state index contributed by atoms with van der Waals surface area (Å²) in [7, 11) is 0. The first-order valence-corrected chi connectivity index (χ1v) is 4.63. The molecule has 2 nitrogen and oxygen atoms in total. The Bertz CT molecular complexity index is 267. The summed E-state index contributed by atoms with van der Waals surface area (Å²) in [5.74, 6) is 0. The van der Waals surface area contributed by atoms with Gasteiger partial charge in [-0.15, -0.1) is 0 Å². The van der Waals surface area contributed by atoms with E-state index in [0.717, 1.165) is 13.1 Å². The third-order valence-corrected chi connectivity index (χ3v) is 2.55. The fraction of sp³-hybridized carbons (Fsp3) is 0.500. The van der Waals surface area contributed by atoms with Crippen LogP contribution in [0.1, 0.15) is 18.7 Å². The molecule has 0 bridgehead atoms. The average Bonchev–Trinajstić information content (AvgIpc) is 2.31. The molecule has 3 heteroatoms. The molecule has 1 N–H and O–H groups in total. The van der Waals surface area contributed by atoms with Crippen LogP contribution in [-0.2, 0) is 6.54 Å².